The van der Waals surface area contributed by atoms with E-state index in [1.807, 2.05) is 0 Å². The Morgan fingerprint density at radius 2 is 2.05 bits per heavy atom. The molecule has 3 nitrogen and oxygen atoms in total. The van der Waals surface area contributed by atoms with Gasteiger partial charge in [-0.3, -0.25) is 0 Å². The molecular weight excluding hydrogens is 264 g/mol. The number of nitrogens with zero attached hydrogens (tertiary/aromatic N) is 1. The number of aliphatic hydroxyl groups excluding tert-OH is 1. The molecule has 0 amide bonds. The van der Waals surface area contributed by atoms with Crippen molar-refractivity contribution in [2.75, 3.05) is 0 Å². The van der Waals surface area contributed by atoms with Gasteiger partial charge in [-0.1, -0.05) is 19.1 Å². The first kappa shape index (κ1) is 14.7. The average molecular weight is 281 g/mol. The monoisotopic (exact) mass is 281 g/mol. The van der Waals surface area contributed by atoms with Crippen LogP contribution in [0.3, 0.4) is 0 Å². The van der Waals surface area contributed by atoms with Crippen LogP contribution in [0, 0.1) is 22.7 Å². The molecule has 108 valence electrons. The molecule has 0 saturated heterocycles. The standard InChI is InChI=1S/C15H17F2NO2/c1-10-6-7-15(8-10,9-18)13(19)11-2-4-12(5-3-11)20-14(16)17/h2-5,10,13-14,19H,6-8H2,1H3. The highest BCUT2D eigenvalue weighted by atomic mass is 19.3. The lowest BCUT2D eigenvalue weighted by molar-refractivity contribution is -0.0498. The molecule has 5 heteroatoms. The molecule has 0 bridgehead atoms. The van der Waals surface area contributed by atoms with Crippen molar-refractivity contribution < 1.29 is 18.6 Å². The van der Waals surface area contributed by atoms with Gasteiger partial charge in [-0.05, 0) is 42.9 Å². The fourth-order valence-corrected chi connectivity index (χ4v) is 2.89. The van der Waals surface area contributed by atoms with E-state index in [2.05, 4.69) is 17.7 Å². The van der Waals surface area contributed by atoms with Crippen molar-refractivity contribution in [2.24, 2.45) is 11.3 Å². The summed E-state index contributed by atoms with van der Waals surface area (Å²) < 4.78 is 28.4. The van der Waals surface area contributed by atoms with Gasteiger partial charge < -0.3 is 9.84 Å². The third kappa shape index (κ3) is 2.91. The summed E-state index contributed by atoms with van der Waals surface area (Å²) in [5, 5.41) is 19.9. The molecule has 1 fully saturated rings. The van der Waals surface area contributed by atoms with E-state index in [9.17, 15) is 19.1 Å². The second-order valence-corrected chi connectivity index (χ2v) is 5.47. The van der Waals surface area contributed by atoms with Crippen LogP contribution in [0.5, 0.6) is 5.75 Å². The number of ether oxygens (including phenoxy) is 1. The lowest BCUT2D eigenvalue weighted by atomic mass is 9.78. The fraction of sp³-hybridized carbons (Fsp3) is 0.533. The summed E-state index contributed by atoms with van der Waals surface area (Å²) in [5.74, 6) is 0.451. The quantitative estimate of drug-likeness (QED) is 0.916. The Labute approximate surface area is 116 Å². The van der Waals surface area contributed by atoms with Gasteiger partial charge in [0.15, 0.2) is 0 Å². The second-order valence-electron chi connectivity index (χ2n) is 5.47. The number of halogens is 2. The highest BCUT2D eigenvalue weighted by Crippen LogP contribution is 2.49. The second kappa shape index (κ2) is 5.76. The summed E-state index contributed by atoms with van der Waals surface area (Å²) in [6, 6.07) is 8.08. The van der Waals surface area contributed by atoms with E-state index in [0.29, 0.717) is 24.3 Å². The van der Waals surface area contributed by atoms with Crippen molar-refractivity contribution >= 4 is 0 Å². The summed E-state index contributed by atoms with van der Waals surface area (Å²) in [5.41, 5.74) is -0.216. The van der Waals surface area contributed by atoms with Crippen LogP contribution >= 0.6 is 0 Å². The highest BCUT2D eigenvalue weighted by Gasteiger charge is 2.44. The largest absolute Gasteiger partial charge is 0.435 e. The zero-order valence-corrected chi connectivity index (χ0v) is 11.2. The lowest BCUT2D eigenvalue weighted by Crippen LogP contribution is -2.24. The van der Waals surface area contributed by atoms with Crippen LogP contribution in [0.15, 0.2) is 24.3 Å². The maximum absolute atomic E-state index is 12.1. The van der Waals surface area contributed by atoms with E-state index < -0.39 is 18.1 Å². The van der Waals surface area contributed by atoms with E-state index in [-0.39, 0.29) is 5.75 Å². The topological polar surface area (TPSA) is 53.2 Å². The molecular formula is C15H17F2NO2. The SMILES string of the molecule is CC1CCC(C#N)(C(O)c2ccc(OC(F)F)cc2)C1. The van der Waals surface area contributed by atoms with E-state index >= 15 is 0 Å². The predicted octanol–water partition coefficient (Wildman–Crippen LogP) is 3.65. The van der Waals surface area contributed by atoms with Crippen molar-refractivity contribution in [3.8, 4) is 11.8 Å². The summed E-state index contributed by atoms with van der Waals surface area (Å²) in [6.45, 7) is -0.808. The van der Waals surface area contributed by atoms with Crippen LogP contribution in [0.4, 0.5) is 8.78 Å². The zero-order valence-electron chi connectivity index (χ0n) is 11.2. The molecule has 1 aromatic carbocycles. The van der Waals surface area contributed by atoms with Crippen molar-refractivity contribution in [3.63, 3.8) is 0 Å². The summed E-state index contributed by atoms with van der Waals surface area (Å²) in [6.07, 6.45) is 1.32. The molecule has 1 aromatic rings. The van der Waals surface area contributed by atoms with Gasteiger partial charge in [-0.15, -0.1) is 0 Å². The molecule has 1 aliphatic rings. The van der Waals surface area contributed by atoms with Gasteiger partial charge in [0.2, 0.25) is 0 Å². The van der Waals surface area contributed by atoms with Gasteiger partial charge in [-0.25, -0.2) is 0 Å². The molecule has 0 spiro atoms. The Balaban J connectivity index is 2.16. The Morgan fingerprint density at radius 3 is 2.50 bits per heavy atom. The van der Waals surface area contributed by atoms with Gasteiger partial charge in [-0.2, -0.15) is 14.0 Å². The highest BCUT2D eigenvalue weighted by molar-refractivity contribution is 5.31. The third-order valence-electron chi connectivity index (χ3n) is 3.96. The number of alkyl halides is 2. The molecule has 2 rings (SSSR count). The maximum atomic E-state index is 12.1. The number of benzene rings is 1. The third-order valence-corrected chi connectivity index (χ3v) is 3.96. The lowest BCUT2D eigenvalue weighted by Gasteiger charge is -2.27. The van der Waals surface area contributed by atoms with E-state index in [0.717, 1.165) is 6.42 Å². The van der Waals surface area contributed by atoms with Gasteiger partial charge >= 0.3 is 6.61 Å². The first-order valence-corrected chi connectivity index (χ1v) is 6.61. The summed E-state index contributed by atoms with van der Waals surface area (Å²) in [4.78, 5) is 0. The number of nitriles is 1. The Hall–Kier alpha value is -1.67. The van der Waals surface area contributed by atoms with Crippen LogP contribution in [-0.4, -0.2) is 11.7 Å². The first-order chi connectivity index (χ1) is 9.47. The Bertz CT molecular complexity index is 498. The van der Waals surface area contributed by atoms with Crippen molar-refractivity contribution in [2.45, 2.75) is 38.9 Å². The number of hydrogen-bond acceptors (Lipinski definition) is 3. The van der Waals surface area contributed by atoms with Crippen LogP contribution in [-0.2, 0) is 0 Å². The molecule has 0 heterocycles. The minimum atomic E-state index is -2.87. The Morgan fingerprint density at radius 1 is 1.40 bits per heavy atom. The van der Waals surface area contributed by atoms with E-state index in [1.165, 1.54) is 24.3 Å². The van der Waals surface area contributed by atoms with Crippen LogP contribution in [0.25, 0.3) is 0 Å². The average Bonchev–Trinajstić information content (AvgIpc) is 2.81. The van der Waals surface area contributed by atoms with Gasteiger partial charge in [0.1, 0.15) is 5.75 Å². The number of rotatable bonds is 4. The molecule has 1 saturated carbocycles. The van der Waals surface area contributed by atoms with Crippen LogP contribution in [0.1, 0.15) is 37.9 Å². The molecule has 0 radical (unpaired) electrons. The Kier molecular flexibility index (Phi) is 4.24. The summed E-state index contributed by atoms with van der Waals surface area (Å²) >= 11 is 0. The molecule has 1 N–H and O–H groups in total. The fourth-order valence-electron chi connectivity index (χ4n) is 2.89. The molecule has 3 unspecified atom stereocenters. The molecule has 20 heavy (non-hydrogen) atoms. The van der Waals surface area contributed by atoms with Gasteiger partial charge in [0.25, 0.3) is 0 Å². The number of hydrogen-bond donors (Lipinski definition) is 1. The van der Waals surface area contributed by atoms with E-state index in [4.69, 9.17) is 0 Å². The first-order valence-electron chi connectivity index (χ1n) is 6.61. The zero-order chi connectivity index (χ0) is 14.8. The minimum absolute atomic E-state index is 0.0433. The van der Waals surface area contributed by atoms with Gasteiger partial charge in [0.05, 0.1) is 17.6 Å². The maximum Gasteiger partial charge on any atom is 0.387 e. The normalized spacial score (nSPS) is 27.3. The smallest absolute Gasteiger partial charge is 0.387 e. The van der Waals surface area contributed by atoms with Crippen molar-refractivity contribution in [1.29, 1.82) is 5.26 Å². The molecule has 1 aliphatic carbocycles. The van der Waals surface area contributed by atoms with Crippen LogP contribution in [0.2, 0.25) is 0 Å². The van der Waals surface area contributed by atoms with Crippen LogP contribution < -0.4 is 4.74 Å². The van der Waals surface area contributed by atoms with E-state index in [1.54, 1.807) is 0 Å². The van der Waals surface area contributed by atoms with Gasteiger partial charge in [0, 0.05) is 0 Å². The molecule has 0 aliphatic heterocycles. The summed E-state index contributed by atoms with van der Waals surface area (Å²) in [7, 11) is 0. The minimum Gasteiger partial charge on any atom is -0.435 e. The molecule has 0 aromatic heterocycles. The predicted molar refractivity (Wildman–Crippen MR) is 69.1 cm³/mol. The van der Waals surface area contributed by atoms with Crippen molar-refractivity contribution in [1.82, 2.24) is 0 Å². The molecule has 3 atom stereocenters. The number of aliphatic hydroxyl groups is 1. The van der Waals surface area contributed by atoms with Crippen molar-refractivity contribution in [3.05, 3.63) is 29.8 Å².